The van der Waals surface area contributed by atoms with Crippen LogP contribution in [0.2, 0.25) is 0 Å². The summed E-state index contributed by atoms with van der Waals surface area (Å²) in [5, 5.41) is 3.16. The van der Waals surface area contributed by atoms with E-state index in [1.54, 1.807) is 0 Å². The highest BCUT2D eigenvalue weighted by atomic mass is 35.5. The van der Waals surface area contributed by atoms with Crippen LogP contribution in [0.15, 0.2) is 41.3 Å². The molecule has 0 atom stereocenters. The third-order valence-electron chi connectivity index (χ3n) is 3.60. The second-order valence-electron chi connectivity index (χ2n) is 5.93. The van der Waals surface area contributed by atoms with Crippen molar-refractivity contribution in [2.24, 2.45) is 0 Å². The van der Waals surface area contributed by atoms with E-state index in [4.69, 9.17) is 9.47 Å². The highest BCUT2D eigenvalue weighted by Crippen LogP contribution is 2.28. The van der Waals surface area contributed by atoms with E-state index < -0.39 is 22.1 Å². The summed E-state index contributed by atoms with van der Waals surface area (Å²) in [6, 6.07) is 6.68. The predicted molar refractivity (Wildman–Crippen MR) is 111 cm³/mol. The Morgan fingerprint density at radius 2 is 1.74 bits per heavy atom. The molecule has 174 valence electrons. The van der Waals surface area contributed by atoms with Gasteiger partial charge in [0, 0.05) is 12.6 Å². The zero-order valence-corrected chi connectivity index (χ0v) is 18.4. The van der Waals surface area contributed by atoms with Gasteiger partial charge in [-0.15, -0.1) is 25.6 Å². The van der Waals surface area contributed by atoms with Gasteiger partial charge in [-0.1, -0.05) is 6.92 Å². The van der Waals surface area contributed by atoms with Crippen LogP contribution < -0.4 is 24.2 Å². The zero-order valence-electron chi connectivity index (χ0n) is 16.7. The van der Waals surface area contributed by atoms with Crippen LogP contribution in [-0.2, 0) is 10.0 Å². The number of alkyl halides is 3. The Labute approximate surface area is 184 Å². The number of nitrogens with zero attached hydrogens (tertiary/aromatic N) is 1. The average molecular weight is 486 g/mol. The number of nitrogens with one attached hydrogen (secondary N) is 2. The minimum absolute atomic E-state index is 0. The van der Waals surface area contributed by atoms with Crippen molar-refractivity contribution in [3.8, 4) is 17.5 Å². The molecular weight excluding hydrogens is 463 g/mol. The third-order valence-corrected chi connectivity index (χ3v) is 4.98. The molecule has 0 spiro atoms. The fourth-order valence-corrected chi connectivity index (χ4v) is 3.35. The number of benzene rings is 1. The van der Waals surface area contributed by atoms with Gasteiger partial charge in [0.2, 0.25) is 11.8 Å². The van der Waals surface area contributed by atoms with E-state index in [1.165, 1.54) is 19.2 Å². The smallest absolute Gasteiger partial charge is 0.479 e. The maximum Gasteiger partial charge on any atom is 0.573 e. The Balaban J connectivity index is 0.00000480. The van der Waals surface area contributed by atoms with E-state index in [-0.39, 0.29) is 34.7 Å². The molecule has 13 heteroatoms. The Hall–Kier alpha value is -2.44. The van der Waals surface area contributed by atoms with Gasteiger partial charge in [0.05, 0.1) is 12.0 Å². The molecule has 0 bridgehead atoms. The highest BCUT2D eigenvalue weighted by Gasteiger charge is 2.31. The third kappa shape index (κ3) is 8.67. The molecule has 1 aromatic carbocycles. The number of anilines is 1. The first-order chi connectivity index (χ1) is 14.1. The van der Waals surface area contributed by atoms with Gasteiger partial charge in [0.25, 0.3) is 10.0 Å². The van der Waals surface area contributed by atoms with Crippen molar-refractivity contribution in [3.63, 3.8) is 0 Å². The molecule has 0 aliphatic rings. The first-order valence-corrected chi connectivity index (χ1v) is 10.4. The molecule has 2 aromatic rings. The number of ether oxygens (including phenoxy) is 3. The van der Waals surface area contributed by atoms with Crippen molar-refractivity contribution >= 4 is 28.1 Å². The minimum atomic E-state index is -4.87. The Morgan fingerprint density at radius 3 is 2.32 bits per heavy atom. The molecule has 0 saturated heterocycles. The highest BCUT2D eigenvalue weighted by molar-refractivity contribution is 7.92. The lowest BCUT2D eigenvalue weighted by molar-refractivity contribution is -0.274. The van der Waals surface area contributed by atoms with Gasteiger partial charge in [-0.3, -0.25) is 4.72 Å². The summed E-state index contributed by atoms with van der Waals surface area (Å²) < 4.78 is 78.3. The van der Waals surface area contributed by atoms with Crippen LogP contribution in [0.25, 0.3) is 0 Å². The fraction of sp³-hybridized carbons (Fsp3) is 0.389. The summed E-state index contributed by atoms with van der Waals surface area (Å²) in [7, 11) is -2.79. The lowest BCUT2D eigenvalue weighted by Crippen LogP contribution is -2.21. The molecule has 1 aromatic heterocycles. The molecule has 0 aliphatic heterocycles. The lowest BCUT2D eigenvalue weighted by atomic mass is 10.3. The van der Waals surface area contributed by atoms with Crippen molar-refractivity contribution < 1.29 is 35.8 Å². The number of pyridine rings is 1. The Morgan fingerprint density at radius 1 is 1.06 bits per heavy atom. The quantitative estimate of drug-likeness (QED) is 0.469. The molecule has 31 heavy (non-hydrogen) atoms. The number of hydrogen-bond acceptors (Lipinski definition) is 7. The molecule has 0 fully saturated rings. The van der Waals surface area contributed by atoms with Crippen molar-refractivity contribution in [2.75, 3.05) is 31.5 Å². The summed E-state index contributed by atoms with van der Waals surface area (Å²) in [4.78, 5) is 3.83. The van der Waals surface area contributed by atoms with E-state index in [2.05, 4.69) is 19.8 Å². The standard InChI is InChI=1S/C18H22F3N3O5S.ClH/c1-3-10-22-11-12-28-16-9-8-15(17(23-16)27-2)24-30(25,26)14-6-4-13(5-7-14)29-18(19,20)21;/h4-9,22,24H,3,10-12H2,1-2H3;1H. The average Bonchev–Trinajstić information content (AvgIpc) is 2.67. The van der Waals surface area contributed by atoms with Crippen LogP contribution in [0.3, 0.4) is 0 Å². The van der Waals surface area contributed by atoms with E-state index in [0.717, 1.165) is 37.2 Å². The summed E-state index contributed by atoms with van der Waals surface area (Å²) in [6.45, 7) is 3.91. The van der Waals surface area contributed by atoms with Gasteiger partial charge in [0.15, 0.2) is 0 Å². The predicted octanol–water partition coefficient (Wildman–Crippen LogP) is 3.59. The summed E-state index contributed by atoms with van der Waals surface area (Å²) in [6.07, 6.45) is -3.87. The van der Waals surface area contributed by atoms with Crippen LogP contribution >= 0.6 is 12.4 Å². The second-order valence-corrected chi connectivity index (χ2v) is 7.61. The number of halogens is 4. The summed E-state index contributed by atoms with van der Waals surface area (Å²) >= 11 is 0. The topological polar surface area (TPSA) is 98.8 Å². The van der Waals surface area contributed by atoms with Crippen LogP contribution in [0.5, 0.6) is 17.5 Å². The maximum atomic E-state index is 12.5. The number of aromatic nitrogens is 1. The van der Waals surface area contributed by atoms with Crippen molar-refractivity contribution in [2.45, 2.75) is 24.6 Å². The Kier molecular flexibility index (Phi) is 10.1. The van der Waals surface area contributed by atoms with Crippen molar-refractivity contribution in [1.29, 1.82) is 0 Å². The molecular formula is C18H23ClF3N3O5S. The van der Waals surface area contributed by atoms with E-state index in [9.17, 15) is 21.6 Å². The van der Waals surface area contributed by atoms with Gasteiger partial charge >= 0.3 is 6.36 Å². The van der Waals surface area contributed by atoms with Crippen molar-refractivity contribution in [3.05, 3.63) is 36.4 Å². The van der Waals surface area contributed by atoms with Crippen molar-refractivity contribution in [1.82, 2.24) is 10.3 Å². The second kappa shape index (κ2) is 11.8. The molecule has 0 saturated carbocycles. The van der Waals surface area contributed by atoms with Gasteiger partial charge in [-0.05, 0) is 43.3 Å². The molecule has 2 N–H and O–H groups in total. The molecule has 1 heterocycles. The van der Waals surface area contributed by atoms with Crippen LogP contribution in [-0.4, -0.2) is 46.6 Å². The van der Waals surface area contributed by atoms with Crippen LogP contribution in [0, 0.1) is 0 Å². The Bertz CT molecular complexity index is 928. The largest absolute Gasteiger partial charge is 0.573 e. The SMILES string of the molecule is CCCNCCOc1ccc(NS(=O)(=O)c2ccc(OC(F)(F)F)cc2)c(OC)n1.Cl. The van der Waals surface area contributed by atoms with Gasteiger partial charge < -0.3 is 19.5 Å². The fourth-order valence-electron chi connectivity index (χ4n) is 2.29. The van der Waals surface area contributed by atoms with Gasteiger partial charge in [0.1, 0.15) is 18.0 Å². The molecule has 0 aliphatic carbocycles. The normalized spacial score (nSPS) is 11.4. The van der Waals surface area contributed by atoms with Gasteiger partial charge in [-0.2, -0.15) is 4.98 Å². The van der Waals surface area contributed by atoms with Gasteiger partial charge in [-0.25, -0.2) is 8.42 Å². The number of methoxy groups -OCH3 is 1. The maximum absolute atomic E-state index is 12.5. The van der Waals surface area contributed by atoms with E-state index >= 15 is 0 Å². The number of sulfonamides is 1. The minimum Gasteiger partial charge on any atom is -0.479 e. The number of rotatable bonds is 11. The monoisotopic (exact) mass is 485 g/mol. The summed E-state index contributed by atoms with van der Waals surface area (Å²) in [5.41, 5.74) is 0.0459. The van der Waals surface area contributed by atoms with Crippen LogP contribution in [0.1, 0.15) is 13.3 Å². The lowest BCUT2D eigenvalue weighted by Gasteiger charge is -2.13. The first-order valence-electron chi connectivity index (χ1n) is 8.92. The molecule has 0 unspecified atom stereocenters. The molecule has 2 rings (SSSR count). The molecule has 0 amide bonds. The zero-order chi connectivity index (χ0) is 22.2. The molecule has 8 nitrogen and oxygen atoms in total. The number of hydrogen-bond donors (Lipinski definition) is 2. The molecule has 0 radical (unpaired) electrons. The van der Waals surface area contributed by atoms with Crippen LogP contribution in [0.4, 0.5) is 18.9 Å². The van der Waals surface area contributed by atoms with E-state index in [1.807, 2.05) is 6.92 Å². The first kappa shape index (κ1) is 26.6. The van der Waals surface area contributed by atoms with E-state index in [0.29, 0.717) is 13.2 Å². The summed E-state index contributed by atoms with van der Waals surface area (Å²) in [5.74, 6) is -0.299.